The molecule has 9 nitrogen and oxygen atoms in total. The smallest absolute Gasteiger partial charge is 0.248 e. The van der Waals surface area contributed by atoms with Crippen LogP contribution in [-0.4, -0.2) is 51.9 Å². The van der Waals surface area contributed by atoms with Crippen LogP contribution in [0.25, 0.3) is 11.4 Å². The fourth-order valence-corrected chi connectivity index (χ4v) is 5.12. The molecule has 10 heteroatoms. The third-order valence-electron chi connectivity index (χ3n) is 5.19. The molecule has 0 saturated carbocycles. The van der Waals surface area contributed by atoms with Gasteiger partial charge in [-0.3, -0.25) is 4.79 Å². The number of carbonyl (C=O) groups is 1. The van der Waals surface area contributed by atoms with Crippen LogP contribution in [-0.2, 0) is 21.4 Å². The minimum atomic E-state index is -3.57. The Morgan fingerprint density at radius 2 is 1.84 bits per heavy atom. The summed E-state index contributed by atoms with van der Waals surface area (Å²) in [4.78, 5) is 13.8. The molecule has 1 N–H and O–H groups in total. The predicted octanol–water partition coefficient (Wildman–Crippen LogP) is 2.46. The normalized spacial score (nSPS) is 15.0. The maximum atomic E-state index is 12.9. The van der Waals surface area contributed by atoms with Crippen LogP contribution in [0.3, 0.4) is 0 Å². The van der Waals surface area contributed by atoms with Crippen molar-refractivity contribution in [2.45, 2.75) is 37.6 Å². The number of benzene rings is 2. The van der Waals surface area contributed by atoms with Crippen LogP contribution in [0, 0.1) is 6.92 Å². The summed E-state index contributed by atoms with van der Waals surface area (Å²) in [6, 6.07) is 14.0. The zero-order valence-corrected chi connectivity index (χ0v) is 18.0. The van der Waals surface area contributed by atoms with Gasteiger partial charge in [-0.05, 0) is 48.7 Å². The molecule has 1 saturated heterocycles. The lowest BCUT2D eigenvalue weighted by Crippen LogP contribution is -2.35. The van der Waals surface area contributed by atoms with Crippen molar-refractivity contribution in [3.63, 3.8) is 0 Å². The number of aryl methyl sites for hydroxylation is 1. The second-order valence-electron chi connectivity index (χ2n) is 7.50. The van der Waals surface area contributed by atoms with E-state index in [0.29, 0.717) is 24.6 Å². The molecule has 1 aromatic heterocycles. The molecule has 1 aliphatic rings. The first-order chi connectivity index (χ1) is 14.9. The summed E-state index contributed by atoms with van der Waals surface area (Å²) in [5.41, 5.74) is 2.27. The van der Waals surface area contributed by atoms with Gasteiger partial charge < -0.3 is 5.32 Å². The van der Waals surface area contributed by atoms with Crippen molar-refractivity contribution in [3.05, 3.63) is 54.1 Å². The molecule has 2 heterocycles. The highest BCUT2D eigenvalue weighted by molar-refractivity contribution is 7.89. The van der Waals surface area contributed by atoms with E-state index < -0.39 is 10.0 Å². The van der Waals surface area contributed by atoms with E-state index in [-0.39, 0.29) is 17.3 Å². The molecule has 2 aromatic carbocycles. The van der Waals surface area contributed by atoms with Gasteiger partial charge in [0.2, 0.25) is 21.8 Å². The van der Waals surface area contributed by atoms with Crippen LogP contribution in [0.15, 0.2) is 53.4 Å². The summed E-state index contributed by atoms with van der Waals surface area (Å²) in [6.07, 6.45) is 2.78. The average molecular weight is 441 g/mol. The molecule has 3 aromatic rings. The molecule has 1 amide bonds. The molecule has 1 aliphatic heterocycles. The van der Waals surface area contributed by atoms with Crippen molar-refractivity contribution < 1.29 is 13.2 Å². The summed E-state index contributed by atoms with van der Waals surface area (Å²) in [5, 5.41) is 15.0. The largest absolute Gasteiger partial charge is 0.324 e. The fraction of sp³-hybridized carbons (Fsp3) is 0.333. The van der Waals surface area contributed by atoms with Crippen LogP contribution in [0.2, 0.25) is 0 Å². The van der Waals surface area contributed by atoms with E-state index in [1.54, 1.807) is 18.2 Å². The molecule has 4 rings (SSSR count). The molecule has 0 atom stereocenters. The molecule has 0 spiro atoms. The fourth-order valence-electron chi connectivity index (χ4n) is 3.56. The van der Waals surface area contributed by atoms with Gasteiger partial charge in [0.15, 0.2) is 0 Å². The summed E-state index contributed by atoms with van der Waals surface area (Å²) in [6.45, 7) is 2.87. The first-order valence-corrected chi connectivity index (χ1v) is 11.6. The number of carbonyl (C=O) groups excluding carboxylic acids is 1. The highest BCUT2D eigenvalue weighted by Gasteiger charge is 2.26. The van der Waals surface area contributed by atoms with Gasteiger partial charge in [0.1, 0.15) is 6.54 Å². The summed E-state index contributed by atoms with van der Waals surface area (Å²) in [5.74, 6) is 0.0711. The number of hydrogen-bond donors (Lipinski definition) is 1. The topological polar surface area (TPSA) is 110 Å². The number of rotatable bonds is 6. The van der Waals surface area contributed by atoms with Crippen molar-refractivity contribution in [1.29, 1.82) is 0 Å². The number of aromatic nitrogens is 4. The molecule has 162 valence electrons. The lowest BCUT2D eigenvalue weighted by Gasteiger charge is -2.26. The van der Waals surface area contributed by atoms with Crippen LogP contribution < -0.4 is 5.32 Å². The standard InChI is InChI=1S/C21H24N6O3S/c1-16-8-3-4-11-19(16)21-23-25-27(24-21)15-20(28)22-17-9-7-10-18(14-17)31(29,30)26-12-5-2-6-13-26/h3-4,7-11,14H,2,5-6,12-13,15H2,1H3,(H,22,28). The predicted molar refractivity (Wildman–Crippen MR) is 116 cm³/mol. The molecule has 0 unspecified atom stereocenters. The maximum absolute atomic E-state index is 12.9. The zero-order chi connectivity index (χ0) is 21.8. The lowest BCUT2D eigenvalue weighted by atomic mass is 10.1. The molecular formula is C21H24N6O3S. The Balaban J connectivity index is 1.44. The van der Waals surface area contributed by atoms with Crippen molar-refractivity contribution in [2.24, 2.45) is 0 Å². The monoisotopic (exact) mass is 440 g/mol. The van der Waals surface area contributed by atoms with Crippen molar-refractivity contribution >= 4 is 21.6 Å². The highest BCUT2D eigenvalue weighted by atomic mass is 32.2. The lowest BCUT2D eigenvalue weighted by molar-refractivity contribution is -0.117. The van der Waals surface area contributed by atoms with E-state index in [4.69, 9.17) is 0 Å². The molecule has 0 bridgehead atoms. The average Bonchev–Trinajstić information content (AvgIpc) is 3.23. The van der Waals surface area contributed by atoms with Crippen LogP contribution in [0.5, 0.6) is 0 Å². The Bertz CT molecular complexity index is 1190. The van der Waals surface area contributed by atoms with E-state index in [2.05, 4.69) is 20.7 Å². The minimum absolute atomic E-state index is 0.137. The Labute approximate surface area is 181 Å². The SMILES string of the molecule is Cc1ccccc1-c1nnn(CC(=O)Nc2cccc(S(=O)(=O)N3CCCCC3)c2)n1. The second-order valence-corrected chi connectivity index (χ2v) is 9.44. The Morgan fingerprint density at radius 3 is 2.61 bits per heavy atom. The Hall–Kier alpha value is -3.11. The van der Waals surface area contributed by atoms with Gasteiger partial charge in [-0.25, -0.2) is 8.42 Å². The number of hydrogen-bond acceptors (Lipinski definition) is 6. The van der Waals surface area contributed by atoms with Gasteiger partial charge in [-0.2, -0.15) is 9.10 Å². The van der Waals surface area contributed by atoms with Gasteiger partial charge in [-0.1, -0.05) is 36.8 Å². The number of amides is 1. The van der Waals surface area contributed by atoms with Gasteiger partial charge in [0.25, 0.3) is 0 Å². The van der Waals surface area contributed by atoms with E-state index in [9.17, 15) is 13.2 Å². The van der Waals surface area contributed by atoms with E-state index in [1.165, 1.54) is 15.2 Å². The van der Waals surface area contributed by atoms with E-state index >= 15 is 0 Å². The van der Waals surface area contributed by atoms with E-state index in [0.717, 1.165) is 30.4 Å². The number of sulfonamides is 1. The number of anilines is 1. The Kier molecular flexibility index (Phi) is 6.10. The van der Waals surface area contributed by atoms with Crippen LogP contribution >= 0.6 is 0 Å². The number of nitrogens with one attached hydrogen (secondary N) is 1. The quantitative estimate of drug-likeness (QED) is 0.630. The number of piperidine rings is 1. The first-order valence-electron chi connectivity index (χ1n) is 10.2. The number of nitrogens with zero attached hydrogens (tertiary/aromatic N) is 5. The van der Waals surface area contributed by atoms with Gasteiger partial charge >= 0.3 is 0 Å². The van der Waals surface area contributed by atoms with Crippen molar-refractivity contribution in [3.8, 4) is 11.4 Å². The van der Waals surface area contributed by atoms with Crippen LogP contribution in [0.1, 0.15) is 24.8 Å². The highest BCUT2D eigenvalue weighted by Crippen LogP contribution is 2.23. The summed E-state index contributed by atoms with van der Waals surface area (Å²) >= 11 is 0. The van der Waals surface area contributed by atoms with E-state index in [1.807, 2.05) is 31.2 Å². The first kappa shape index (κ1) is 21.1. The molecule has 1 fully saturated rings. The molecule has 31 heavy (non-hydrogen) atoms. The van der Waals surface area contributed by atoms with Crippen molar-refractivity contribution in [1.82, 2.24) is 24.5 Å². The Morgan fingerprint density at radius 1 is 1.06 bits per heavy atom. The third kappa shape index (κ3) is 4.80. The third-order valence-corrected chi connectivity index (χ3v) is 7.09. The molecule has 0 radical (unpaired) electrons. The van der Waals surface area contributed by atoms with Gasteiger partial charge in [0.05, 0.1) is 4.90 Å². The number of tetrazole rings is 1. The van der Waals surface area contributed by atoms with Gasteiger partial charge in [0, 0.05) is 24.3 Å². The van der Waals surface area contributed by atoms with Crippen LogP contribution in [0.4, 0.5) is 5.69 Å². The summed E-state index contributed by atoms with van der Waals surface area (Å²) < 4.78 is 27.2. The second kappa shape index (κ2) is 8.94. The molecule has 0 aliphatic carbocycles. The maximum Gasteiger partial charge on any atom is 0.248 e. The van der Waals surface area contributed by atoms with Crippen molar-refractivity contribution in [2.75, 3.05) is 18.4 Å². The minimum Gasteiger partial charge on any atom is -0.324 e. The zero-order valence-electron chi connectivity index (χ0n) is 17.2. The summed E-state index contributed by atoms with van der Waals surface area (Å²) in [7, 11) is -3.57. The van der Waals surface area contributed by atoms with Gasteiger partial charge in [-0.15, -0.1) is 10.2 Å². The molecular weight excluding hydrogens is 416 g/mol.